The third-order valence-corrected chi connectivity index (χ3v) is 4.02. The summed E-state index contributed by atoms with van der Waals surface area (Å²) in [6, 6.07) is 10.3. The number of nitrogens with two attached hydrogens (primary N) is 1. The van der Waals surface area contributed by atoms with Crippen molar-refractivity contribution in [1.29, 1.82) is 5.26 Å². The third-order valence-electron chi connectivity index (χ3n) is 2.86. The zero-order valence-corrected chi connectivity index (χ0v) is 11.9. The topological polar surface area (TPSA) is 96.0 Å². The van der Waals surface area contributed by atoms with Gasteiger partial charge in [0, 0.05) is 6.26 Å². The molecule has 0 fully saturated rings. The fraction of sp³-hybridized carbons (Fsp3) is 0.0714. The van der Waals surface area contributed by atoms with Gasteiger partial charge in [-0.2, -0.15) is 5.26 Å². The molecular weight excluding hydrogens is 293 g/mol. The van der Waals surface area contributed by atoms with Crippen LogP contribution in [0.2, 0.25) is 0 Å². The summed E-state index contributed by atoms with van der Waals surface area (Å²) < 4.78 is 36.8. The van der Waals surface area contributed by atoms with Gasteiger partial charge >= 0.3 is 0 Å². The van der Waals surface area contributed by atoms with Crippen molar-refractivity contribution >= 4 is 26.9 Å². The van der Waals surface area contributed by atoms with Gasteiger partial charge in [-0.3, -0.25) is 0 Å². The number of benzene rings is 2. The molecular formula is C14H12FN3O2S. The van der Waals surface area contributed by atoms with Crippen molar-refractivity contribution in [3.05, 3.63) is 47.8 Å². The molecule has 21 heavy (non-hydrogen) atoms. The predicted octanol–water partition coefficient (Wildman–Crippen LogP) is 2.43. The van der Waals surface area contributed by atoms with Gasteiger partial charge < -0.3 is 11.1 Å². The van der Waals surface area contributed by atoms with Crippen molar-refractivity contribution in [2.45, 2.75) is 4.90 Å². The van der Waals surface area contributed by atoms with Crippen LogP contribution in [-0.4, -0.2) is 14.7 Å². The maximum atomic E-state index is 13.5. The largest absolute Gasteiger partial charge is 0.396 e. The average molecular weight is 305 g/mol. The molecule has 0 saturated carbocycles. The van der Waals surface area contributed by atoms with Crippen LogP contribution in [0.3, 0.4) is 0 Å². The van der Waals surface area contributed by atoms with Crippen molar-refractivity contribution in [2.75, 3.05) is 17.3 Å². The van der Waals surface area contributed by atoms with E-state index in [2.05, 4.69) is 5.32 Å². The van der Waals surface area contributed by atoms with Crippen molar-refractivity contribution in [2.24, 2.45) is 0 Å². The van der Waals surface area contributed by atoms with Crippen LogP contribution in [0.1, 0.15) is 5.56 Å². The Hall–Kier alpha value is -2.59. The van der Waals surface area contributed by atoms with Gasteiger partial charge in [0.1, 0.15) is 17.4 Å². The maximum Gasteiger partial charge on any atom is 0.177 e. The SMILES string of the molecule is CS(=O)(=O)c1cccc(Nc2cccc(F)c2C#N)c1N. The number of hydrogen-bond donors (Lipinski definition) is 2. The Labute approximate surface area is 121 Å². The summed E-state index contributed by atoms with van der Waals surface area (Å²) in [6.07, 6.45) is 1.05. The summed E-state index contributed by atoms with van der Waals surface area (Å²) in [6.45, 7) is 0. The molecule has 0 bridgehead atoms. The number of nitrogens with zero attached hydrogens (tertiary/aromatic N) is 1. The molecule has 0 aromatic heterocycles. The highest BCUT2D eigenvalue weighted by Gasteiger charge is 2.15. The number of halogens is 1. The zero-order chi connectivity index (χ0) is 15.6. The first-order chi connectivity index (χ1) is 9.84. The lowest BCUT2D eigenvalue weighted by atomic mass is 10.1. The molecule has 0 saturated heterocycles. The van der Waals surface area contributed by atoms with Crippen molar-refractivity contribution in [3.63, 3.8) is 0 Å². The van der Waals surface area contributed by atoms with Gasteiger partial charge in [0.25, 0.3) is 0 Å². The Kier molecular flexibility index (Phi) is 3.82. The van der Waals surface area contributed by atoms with Crippen LogP contribution in [0.5, 0.6) is 0 Å². The predicted molar refractivity (Wildman–Crippen MR) is 78.4 cm³/mol. The Balaban J connectivity index is 2.52. The summed E-state index contributed by atoms with van der Waals surface area (Å²) in [5.74, 6) is -0.666. The number of nitrogen functional groups attached to an aromatic ring is 1. The van der Waals surface area contributed by atoms with E-state index in [1.54, 1.807) is 12.1 Å². The fourth-order valence-corrected chi connectivity index (χ4v) is 2.70. The average Bonchev–Trinajstić information content (AvgIpc) is 2.40. The normalized spacial score (nSPS) is 10.9. The van der Waals surface area contributed by atoms with Crippen LogP contribution < -0.4 is 11.1 Å². The van der Waals surface area contributed by atoms with Gasteiger partial charge in [0.05, 0.1) is 22.0 Å². The molecule has 0 aliphatic heterocycles. The Morgan fingerprint density at radius 3 is 2.43 bits per heavy atom. The fourth-order valence-electron chi connectivity index (χ4n) is 1.86. The number of nitriles is 1. The van der Waals surface area contributed by atoms with Gasteiger partial charge in [-0.25, -0.2) is 12.8 Å². The molecule has 7 heteroatoms. The number of sulfone groups is 1. The molecule has 3 N–H and O–H groups in total. The van der Waals surface area contributed by atoms with E-state index in [1.165, 1.54) is 30.3 Å². The monoisotopic (exact) mass is 305 g/mol. The molecule has 0 aliphatic carbocycles. The molecule has 0 amide bonds. The summed E-state index contributed by atoms with van der Waals surface area (Å²) in [7, 11) is -3.48. The second-order valence-electron chi connectivity index (χ2n) is 4.39. The van der Waals surface area contributed by atoms with Gasteiger partial charge in [-0.05, 0) is 24.3 Å². The first-order valence-electron chi connectivity index (χ1n) is 5.89. The minimum absolute atomic E-state index is 0.0214. The van der Waals surface area contributed by atoms with Gasteiger partial charge in [-0.15, -0.1) is 0 Å². The van der Waals surface area contributed by atoms with E-state index in [9.17, 15) is 12.8 Å². The van der Waals surface area contributed by atoms with Gasteiger partial charge in [-0.1, -0.05) is 12.1 Å². The lowest BCUT2D eigenvalue weighted by molar-refractivity contribution is 0.602. The molecule has 0 aliphatic rings. The lowest BCUT2D eigenvalue weighted by Gasteiger charge is -2.13. The molecule has 0 spiro atoms. The summed E-state index contributed by atoms with van der Waals surface area (Å²) in [5.41, 5.74) is 6.19. The molecule has 0 unspecified atom stereocenters. The van der Waals surface area contributed by atoms with Crippen molar-refractivity contribution in [1.82, 2.24) is 0 Å². The van der Waals surface area contributed by atoms with Gasteiger partial charge in [0.2, 0.25) is 0 Å². The summed E-state index contributed by atoms with van der Waals surface area (Å²) >= 11 is 0. The second kappa shape index (κ2) is 5.42. The number of para-hydroxylation sites is 1. The number of nitrogens with one attached hydrogen (secondary N) is 1. The highest BCUT2D eigenvalue weighted by atomic mass is 32.2. The smallest absolute Gasteiger partial charge is 0.177 e. The molecule has 0 atom stereocenters. The molecule has 108 valence electrons. The van der Waals surface area contributed by atoms with Crippen LogP contribution in [0.15, 0.2) is 41.3 Å². The minimum atomic E-state index is -3.48. The Bertz CT molecular complexity index is 842. The highest BCUT2D eigenvalue weighted by Crippen LogP contribution is 2.30. The molecule has 0 radical (unpaired) electrons. The van der Waals surface area contributed by atoms with E-state index in [4.69, 9.17) is 11.0 Å². The van der Waals surface area contributed by atoms with Gasteiger partial charge in [0.15, 0.2) is 9.84 Å². The second-order valence-corrected chi connectivity index (χ2v) is 6.37. The van der Waals surface area contributed by atoms with Crippen LogP contribution in [0.4, 0.5) is 21.5 Å². The van der Waals surface area contributed by atoms with E-state index in [1.807, 2.05) is 0 Å². The number of anilines is 3. The zero-order valence-electron chi connectivity index (χ0n) is 11.1. The third kappa shape index (κ3) is 2.95. The van der Waals surface area contributed by atoms with Crippen LogP contribution in [0, 0.1) is 17.1 Å². The Morgan fingerprint density at radius 1 is 1.19 bits per heavy atom. The van der Waals surface area contributed by atoms with Crippen LogP contribution in [-0.2, 0) is 9.84 Å². The Morgan fingerprint density at radius 2 is 1.81 bits per heavy atom. The summed E-state index contributed by atoms with van der Waals surface area (Å²) in [5, 5.41) is 11.8. The number of rotatable bonds is 3. The van der Waals surface area contributed by atoms with Crippen LogP contribution in [0.25, 0.3) is 0 Å². The minimum Gasteiger partial charge on any atom is -0.396 e. The maximum absolute atomic E-state index is 13.5. The molecule has 0 heterocycles. The van der Waals surface area contributed by atoms with E-state index >= 15 is 0 Å². The van der Waals surface area contributed by atoms with Crippen LogP contribution >= 0.6 is 0 Å². The quantitative estimate of drug-likeness (QED) is 0.849. The van der Waals surface area contributed by atoms with Crippen molar-refractivity contribution < 1.29 is 12.8 Å². The molecule has 2 aromatic rings. The van der Waals surface area contributed by atoms with E-state index < -0.39 is 15.7 Å². The first kappa shape index (κ1) is 14.8. The summed E-state index contributed by atoms with van der Waals surface area (Å²) in [4.78, 5) is -0.0255. The van der Waals surface area contributed by atoms with E-state index in [0.29, 0.717) is 5.69 Å². The molecule has 5 nitrogen and oxygen atoms in total. The number of hydrogen-bond acceptors (Lipinski definition) is 5. The standard InChI is InChI=1S/C14H12FN3O2S/c1-21(19,20)13-7-3-6-12(14(13)17)18-11-5-2-4-10(15)9(11)8-16/h2-7,18H,17H2,1H3. The van der Waals surface area contributed by atoms with E-state index in [0.717, 1.165) is 6.26 Å². The molecule has 2 aromatic carbocycles. The lowest BCUT2D eigenvalue weighted by Crippen LogP contribution is -2.06. The van der Waals surface area contributed by atoms with Crippen molar-refractivity contribution in [3.8, 4) is 6.07 Å². The van der Waals surface area contributed by atoms with E-state index in [-0.39, 0.29) is 21.8 Å². The highest BCUT2D eigenvalue weighted by molar-refractivity contribution is 7.90. The molecule has 2 rings (SSSR count). The first-order valence-corrected chi connectivity index (χ1v) is 7.78.